The number of sulfonamides is 1. The van der Waals surface area contributed by atoms with Crippen molar-refractivity contribution in [3.05, 3.63) is 59.7 Å². The van der Waals surface area contributed by atoms with E-state index in [1.807, 2.05) is 6.07 Å². The maximum atomic E-state index is 13.5. The summed E-state index contributed by atoms with van der Waals surface area (Å²) in [6.07, 6.45) is 2.74. The molecule has 0 unspecified atom stereocenters. The van der Waals surface area contributed by atoms with E-state index < -0.39 is 10.0 Å². The first-order chi connectivity index (χ1) is 16.8. The van der Waals surface area contributed by atoms with Crippen LogP contribution in [0, 0.1) is 11.8 Å². The van der Waals surface area contributed by atoms with Crippen molar-refractivity contribution in [3.63, 3.8) is 0 Å². The highest BCUT2D eigenvalue weighted by Crippen LogP contribution is 2.32. The molecule has 2 aliphatic heterocycles. The van der Waals surface area contributed by atoms with Crippen LogP contribution in [0.4, 0.5) is 0 Å². The van der Waals surface area contributed by atoms with Crippen LogP contribution in [0.5, 0.6) is 5.75 Å². The van der Waals surface area contributed by atoms with Gasteiger partial charge in [0.15, 0.2) is 0 Å². The number of piperidine rings is 2. The summed E-state index contributed by atoms with van der Waals surface area (Å²) in [7, 11) is -2.32. The number of methoxy groups -OCH3 is 1. The number of carbonyl (C=O) groups is 1. The minimum absolute atomic E-state index is 0.0617. The van der Waals surface area contributed by atoms with Crippen LogP contribution >= 0.6 is 0 Å². The molecule has 7 nitrogen and oxygen atoms in total. The fourth-order valence-electron chi connectivity index (χ4n) is 5.31. The van der Waals surface area contributed by atoms with Crippen molar-refractivity contribution in [2.75, 3.05) is 33.3 Å². The van der Waals surface area contributed by atoms with Crippen molar-refractivity contribution in [1.82, 2.24) is 14.5 Å². The largest absolute Gasteiger partial charge is 0.495 e. The molecule has 4 rings (SSSR count). The number of rotatable bonds is 7. The van der Waals surface area contributed by atoms with E-state index >= 15 is 0 Å². The topological polar surface area (TPSA) is 79.0 Å². The van der Waals surface area contributed by atoms with Gasteiger partial charge in [0, 0.05) is 44.3 Å². The van der Waals surface area contributed by atoms with Gasteiger partial charge in [-0.2, -0.15) is 4.31 Å². The summed E-state index contributed by atoms with van der Waals surface area (Å²) in [6, 6.07) is 15.2. The summed E-state index contributed by atoms with van der Waals surface area (Å²) in [6.45, 7) is 7.84. The summed E-state index contributed by atoms with van der Waals surface area (Å²) < 4.78 is 33.9. The van der Waals surface area contributed by atoms with E-state index in [4.69, 9.17) is 4.74 Å². The second-order valence-corrected chi connectivity index (χ2v) is 12.0. The summed E-state index contributed by atoms with van der Waals surface area (Å²) in [5.41, 5.74) is 1.63. The minimum Gasteiger partial charge on any atom is -0.495 e. The molecule has 1 amide bonds. The Kier molecular flexibility index (Phi) is 8.14. The third kappa shape index (κ3) is 6.23. The molecule has 0 saturated carbocycles. The van der Waals surface area contributed by atoms with Gasteiger partial charge in [-0.15, -0.1) is 0 Å². The summed E-state index contributed by atoms with van der Waals surface area (Å²) in [5, 5.41) is 3.11. The number of hydrogen-bond acceptors (Lipinski definition) is 5. The Balaban J connectivity index is 1.42. The van der Waals surface area contributed by atoms with Gasteiger partial charge in [-0.1, -0.05) is 44.2 Å². The van der Waals surface area contributed by atoms with Crippen molar-refractivity contribution >= 4 is 15.9 Å². The Morgan fingerprint density at radius 3 is 2.31 bits per heavy atom. The Bertz CT molecular complexity index is 1100. The Labute approximate surface area is 209 Å². The predicted octanol–water partition coefficient (Wildman–Crippen LogP) is 3.76. The lowest BCUT2D eigenvalue weighted by atomic mass is 9.94. The minimum atomic E-state index is -3.78. The fourth-order valence-corrected chi connectivity index (χ4v) is 7.17. The van der Waals surface area contributed by atoms with E-state index in [0.29, 0.717) is 30.5 Å². The quantitative estimate of drug-likeness (QED) is 0.628. The number of benzene rings is 2. The van der Waals surface area contributed by atoms with Crippen LogP contribution in [0.1, 0.15) is 49.0 Å². The molecule has 2 saturated heterocycles. The van der Waals surface area contributed by atoms with Crippen molar-refractivity contribution in [2.45, 2.75) is 50.6 Å². The van der Waals surface area contributed by atoms with Crippen molar-refractivity contribution in [3.8, 4) is 5.75 Å². The predicted molar refractivity (Wildman–Crippen MR) is 137 cm³/mol. The molecule has 2 aromatic rings. The highest BCUT2D eigenvalue weighted by molar-refractivity contribution is 7.89. The molecule has 0 radical (unpaired) electrons. The molecule has 2 aliphatic rings. The smallest absolute Gasteiger partial charge is 0.251 e. The van der Waals surface area contributed by atoms with Crippen LogP contribution in [0.3, 0.4) is 0 Å². The van der Waals surface area contributed by atoms with Gasteiger partial charge in [-0.25, -0.2) is 8.42 Å². The van der Waals surface area contributed by atoms with Crippen molar-refractivity contribution < 1.29 is 17.9 Å². The maximum absolute atomic E-state index is 13.5. The van der Waals surface area contributed by atoms with E-state index in [1.165, 1.54) is 23.0 Å². The van der Waals surface area contributed by atoms with Crippen molar-refractivity contribution in [1.29, 1.82) is 0 Å². The molecular weight excluding hydrogens is 462 g/mol. The molecule has 0 aliphatic carbocycles. The number of hydrogen-bond donors (Lipinski definition) is 1. The van der Waals surface area contributed by atoms with Gasteiger partial charge in [0.1, 0.15) is 10.6 Å². The second-order valence-electron chi connectivity index (χ2n) is 10.1. The fraction of sp³-hybridized carbons (Fsp3) is 0.519. The SMILES string of the molecule is COc1ccc(C(=O)NC2CCN(Cc3ccccc3)CC2)cc1S(=O)(=O)N1C[C@H](C)C[C@@H](C)C1. The molecular formula is C27H37N3O4S. The van der Waals surface area contributed by atoms with Crippen LogP contribution in [0.2, 0.25) is 0 Å². The molecule has 0 aromatic heterocycles. The first-order valence-electron chi connectivity index (χ1n) is 12.5. The number of carbonyl (C=O) groups excluding carboxylic acids is 1. The number of amides is 1. The van der Waals surface area contributed by atoms with Gasteiger partial charge in [0.2, 0.25) is 10.0 Å². The van der Waals surface area contributed by atoms with Crippen molar-refractivity contribution in [2.24, 2.45) is 11.8 Å². The normalized spacial score (nSPS) is 22.6. The van der Waals surface area contributed by atoms with Crippen LogP contribution < -0.4 is 10.1 Å². The van der Waals surface area contributed by atoms with Gasteiger partial charge in [-0.3, -0.25) is 9.69 Å². The number of ether oxygens (including phenoxy) is 1. The molecule has 8 heteroatoms. The zero-order chi connectivity index (χ0) is 25.0. The summed E-state index contributed by atoms with van der Waals surface area (Å²) in [5.74, 6) is 0.602. The molecule has 2 atom stereocenters. The highest BCUT2D eigenvalue weighted by Gasteiger charge is 2.34. The van der Waals surface area contributed by atoms with Gasteiger partial charge in [-0.05, 0) is 54.9 Å². The number of likely N-dealkylation sites (tertiary alicyclic amines) is 1. The highest BCUT2D eigenvalue weighted by atomic mass is 32.2. The lowest BCUT2D eigenvalue weighted by molar-refractivity contribution is 0.0908. The zero-order valence-corrected chi connectivity index (χ0v) is 21.8. The van der Waals surface area contributed by atoms with Gasteiger partial charge < -0.3 is 10.1 Å². The molecule has 2 fully saturated rings. The average molecular weight is 500 g/mol. The maximum Gasteiger partial charge on any atom is 0.251 e. The summed E-state index contributed by atoms with van der Waals surface area (Å²) >= 11 is 0. The Hall–Kier alpha value is -2.42. The Morgan fingerprint density at radius 1 is 1.03 bits per heavy atom. The van der Waals surface area contributed by atoms with Crippen LogP contribution in [0.15, 0.2) is 53.4 Å². The average Bonchev–Trinajstić information content (AvgIpc) is 2.85. The first kappa shape index (κ1) is 25.7. The Morgan fingerprint density at radius 2 is 1.69 bits per heavy atom. The monoisotopic (exact) mass is 499 g/mol. The molecule has 0 bridgehead atoms. The van der Waals surface area contributed by atoms with E-state index in [1.54, 1.807) is 12.1 Å². The second kappa shape index (κ2) is 11.1. The molecule has 2 heterocycles. The van der Waals surface area contributed by atoms with E-state index in [-0.39, 0.29) is 22.6 Å². The zero-order valence-electron chi connectivity index (χ0n) is 20.9. The molecule has 190 valence electrons. The summed E-state index contributed by atoms with van der Waals surface area (Å²) in [4.78, 5) is 15.5. The first-order valence-corrected chi connectivity index (χ1v) is 14.0. The molecule has 2 aromatic carbocycles. The lowest BCUT2D eigenvalue weighted by Crippen LogP contribution is -2.44. The molecule has 1 N–H and O–H groups in total. The van der Waals surface area contributed by atoms with E-state index in [0.717, 1.165) is 38.9 Å². The lowest BCUT2D eigenvalue weighted by Gasteiger charge is -2.34. The third-order valence-corrected chi connectivity index (χ3v) is 8.90. The van der Waals surface area contributed by atoms with Gasteiger partial charge in [0.25, 0.3) is 5.91 Å². The van der Waals surface area contributed by atoms with Crippen LogP contribution in [-0.2, 0) is 16.6 Å². The number of nitrogens with zero attached hydrogens (tertiary/aromatic N) is 2. The van der Waals surface area contributed by atoms with E-state index in [9.17, 15) is 13.2 Å². The van der Waals surface area contributed by atoms with Crippen LogP contribution in [-0.4, -0.2) is 62.9 Å². The van der Waals surface area contributed by atoms with Crippen LogP contribution in [0.25, 0.3) is 0 Å². The standard InChI is InChI=1S/C27H37N3O4S/c1-20-15-21(2)18-30(17-20)35(32,33)26-16-23(9-10-25(26)34-3)27(31)28-24-11-13-29(14-12-24)19-22-7-5-4-6-8-22/h4-10,16,20-21,24H,11-15,17-19H2,1-3H3,(H,28,31)/t20-,21-/m1/s1. The third-order valence-electron chi connectivity index (χ3n) is 7.05. The number of nitrogens with one attached hydrogen (secondary N) is 1. The molecule has 35 heavy (non-hydrogen) atoms. The van der Waals surface area contributed by atoms with Gasteiger partial charge in [0.05, 0.1) is 7.11 Å². The van der Waals surface area contributed by atoms with E-state index in [2.05, 4.69) is 48.3 Å². The van der Waals surface area contributed by atoms with Gasteiger partial charge >= 0.3 is 0 Å². The molecule has 0 spiro atoms.